The molecule has 8 heteroatoms. The van der Waals surface area contributed by atoms with Crippen molar-refractivity contribution in [3.8, 4) is 0 Å². The van der Waals surface area contributed by atoms with Crippen molar-refractivity contribution in [1.82, 2.24) is 5.32 Å². The molecular formula is C10H14F3NO3S. The maximum atomic E-state index is 11.8. The third kappa shape index (κ3) is 8.91. The average molecular weight is 285 g/mol. The number of allylic oxidation sites excluding steroid dienone is 1. The molecule has 0 saturated carbocycles. The molecule has 1 atom stereocenters. The van der Waals surface area contributed by atoms with Crippen LogP contribution < -0.4 is 5.32 Å². The van der Waals surface area contributed by atoms with Crippen LogP contribution in [0.3, 0.4) is 0 Å². The van der Waals surface area contributed by atoms with Gasteiger partial charge >= 0.3 is 12.1 Å². The van der Waals surface area contributed by atoms with Crippen molar-refractivity contribution in [1.29, 1.82) is 0 Å². The van der Waals surface area contributed by atoms with Gasteiger partial charge in [0.25, 0.3) is 0 Å². The van der Waals surface area contributed by atoms with Gasteiger partial charge in [-0.25, -0.2) is 4.79 Å². The summed E-state index contributed by atoms with van der Waals surface area (Å²) < 4.78 is 35.4. The fraction of sp³-hybridized carbons (Fsp3) is 0.600. The van der Waals surface area contributed by atoms with Crippen molar-refractivity contribution < 1.29 is 27.9 Å². The Hall–Kier alpha value is -1.18. The zero-order valence-electron chi connectivity index (χ0n) is 9.66. The first-order valence-corrected chi connectivity index (χ1v) is 6.19. The lowest BCUT2D eigenvalue weighted by atomic mass is 10.2. The van der Waals surface area contributed by atoms with Crippen LogP contribution in [0.15, 0.2) is 12.2 Å². The lowest BCUT2D eigenvalue weighted by Crippen LogP contribution is -2.41. The van der Waals surface area contributed by atoms with E-state index in [0.29, 0.717) is 11.8 Å². The number of carboxylic acids is 1. The summed E-state index contributed by atoms with van der Waals surface area (Å²) >= 11 is 0.398. The number of carbonyl (C=O) groups excluding carboxylic acids is 1. The highest BCUT2D eigenvalue weighted by molar-refractivity contribution is 8.00. The van der Waals surface area contributed by atoms with Gasteiger partial charge < -0.3 is 10.4 Å². The van der Waals surface area contributed by atoms with Crippen LogP contribution in [0.4, 0.5) is 13.2 Å². The van der Waals surface area contributed by atoms with Gasteiger partial charge in [-0.2, -0.15) is 13.2 Å². The van der Waals surface area contributed by atoms with Crippen LogP contribution in [0, 0.1) is 0 Å². The van der Waals surface area contributed by atoms with Crippen LogP contribution in [-0.2, 0) is 9.59 Å². The fourth-order valence-corrected chi connectivity index (χ4v) is 1.59. The van der Waals surface area contributed by atoms with Gasteiger partial charge in [-0.15, -0.1) is 11.8 Å². The predicted molar refractivity (Wildman–Crippen MR) is 62.4 cm³/mol. The van der Waals surface area contributed by atoms with Gasteiger partial charge in [-0.05, 0) is 13.3 Å². The average Bonchev–Trinajstić information content (AvgIpc) is 2.21. The molecule has 104 valence electrons. The van der Waals surface area contributed by atoms with E-state index in [1.807, 2.05) is 0 Å². The van der Waals surface area contributed by atoms with Gasteiger partial charge in [0.1, 0.15) is 6.04 Å². The zero-order valence-corrected chi connectivity index (χ0v) is 10.5. The van der Waals surface area contributed by atoms with Gasteiger partial charge in [-0.3, -0.25) is 4.79 Å². The van der Waals surface area contributed by atoms with Crippen molar-refractivity contribution in [3.05, 3.63) is 12.2 Å². The Morgan fingerprint density at radius 1 is 1.44 bits per heavy atom. The van der Waals surface area contributed by atoms with Gasteiger partial charge in [0.15, 0.2) is 0 Å². The summed E-state index contributed by atoms with van der Waals surface area (Å²) in [6.07, 6.45) is -1.05. The summed E-state index contributed by atoms with van der Waals surface area (Å²) in [7, 11) is 0. The predicted octanol–water partition coefficient (Wildman–Crippen LogP) is 1.82. The summed E-state index contributed by atoms with van der Waals surface area (Å²) in [5.74, 6) is -3.49. The Morgan fingerprint density at radius 3 is 2.50 bits per heavy atom. The molecule has 4 nitrogen and oxygen atoms in total. The van der Waals surface area contributed by atoms with E-state index in [1.54, 1.807) is 19.1 Å². The van der Waals surface area contributed by atoms with E-state index < -0.39 is 35.6 Å². The molecule has 0 aromatic carbocycles. The number of carboxylic acid groups (broad SMARTS) is 1. The van der Waals surface area contributed by atoms with Crippen molar-refractivity contribution >= 4 is 23.6 Å². The molecule has 1 unspecified atom stereocenters. The van der Waals surface area contributed by atoms with E-state index in [1.165, 1.54) is 0 Å². The summed E-state index contributed by atoms with van der Waals surface area (Å²) in [4.78, 5) is 22.0. The first-order valence-electron chi connectivity index (χ1n) is 5.04. The van der Waals surface area contributed by atoms with Crippen molar-refractivity contribution in [2.45, 2.75) is 25.6 Å². The number of rotatable bonds is 7. The second-order valence-electron chi connectivity index (χ2n) is 3.37. The molecule has 0 aliphatic carbocycles. The zero-order chi connectivity index (χ0) is 14.2. The number of hydrogen-bond donors (Lipinski definition) is 2. The SMILES string of the molecule is C/C=C/CC(NC(=O)CSCC(F)(F)F)C(=O)O. The lowest BCUT2D eigenvalue weighted by Gasteiger charge is -2.12. The minimum atomic E-state index is -4.33. The van der Waals surface area contributed by atoms with Gasteiger partial charge in [0, 0.05) is 0 Å². The normalized spacial score (nSPS) is 13.6. The molecule has 0 saturated heterocycles. The number of amides is 1. The highest BCUT2D eigenvalue weighted by Gasteiger charge is 2.27. The highest BCUT2D eigenvalue weighted by Crippen LogP contribution is 2.20. The van der Waals surface area contributed by atoms with Crippen LogP contribution in [0.2, 0.25) is 0 Å². The van der Waals surface area contributed by atoms with E-state index in [9.17, 15) is 22.8 Å². The van der Waals surface area contributed by atoms with E-state index in [4.69, 9.17) is 5.11 Å². The summed E-state index contributed by atoms with van der Waals surface area (Å²) in [5, 5.41) is 10.9. The Labute approximate surface area is 107 Å². The van der Waals surface area contributed by atoms with Crippen molar-refractivity contribution in [2.75, 3.05) is 11.5 Å². The fourth-order valence-electron chi connectivity index (χ4n) is 0.989. The topological polar surface area (TPSA) is 66.4 Å². The Bertz CT molecular complexity index is 318. The minimum Gasteiger partial charge on any atom is -0.480 e. The van der Waals surface area contributed by atoms with E-state index in [2.05, 4.69) is 5.32 Å². The number of hydrogen-bond acceptors (Lipinski definition) is 3. The number of thioether (sulfide) groups is 1. The number of alkyl halides is 3. The quantitative estimate of drug-likeness (QED) is 0.700. The van der Waals surface area contributed by atoms with Crippen molar-refractivity contribution in [3.63, 3.8) is 0 Å². The summed E-state index contributed by atoms with van der Waals surface area (Å²) in [5.41, 5.74) is 0. The smallest absolute Gasteiger partial charge is 0.397 e. The third-order valence-electron chi connectivity index (χ3n) is 1.74. The molecule has 18 heavy (non-hydrogen) atoms. The van der Waals surface area contributed by atoms with Crippen molar-refractivity contribution in [2.24, 2.45) is 0 Å². The van der Waals surface area contributed by atoms with Crippen LogP contribution in [0.5, 0.6) is 0 Å². The number of carbonyl (C=O) groups is 2. The summed E-state index contributed by atoms with van der Waals surface area (Å²) in [6.45, 7) is 1.69. The van der Waals surface area contributed by atoms with E-state index in [0.717, 1.165) is 0 Å². The standard InChI is InChI=1S/C10H14F3NO3S/c1-2-3-4-7(9(16)17)14-8(15)5-18-6-10(11,12)13/h2-3,7H,4-6H2,1H3,(H,14,15)(H,16,17)/b3-2+. The highest BCUT2D eigenvalue weighted by atomic mass is 32.2. The van der Waals surface area contributed by atoms with Crippen LogP contribution in [0.1, 0.15) is 13.3 Å². The molecule has 2 N–H and O–H groups in total. The molecule has 0 rings (SSSR count). The monoisotopic (exact) mass is 285 g/mol. The maximum absolute atomic E-state index is 11.8. The summed E-state index contributed by atoms with van der Waals surface area (Å²) in [6, 6.07) is -1.11. The molecule has 0 spiro atoms. The first kappa shape index (κ1) is 16.8. The first-order chi connectivity index (χ1) is 8.26. The Kier molecular flexibility index (Phi) is 7.49. The molecule has 0 radical (unpaired) electrons. The van der Waals surface area contributed by atoms with Gasteiger partial charge in [0.2, 0.25) is 5.91 Å². The Balaban J connectivity index is 4.07. The van der Waals surface area contributed by atoms with E-state index >= 15 is 0 Å². The lowest BCUT2D eigenvalue weighted by molar-refractivity contribution is -0.141. The van der Waals surface area contributed by atoms with Crippen LogP contribution in [-0.4, -0.2) is 40.7 Å². The molecule has 0 aliphatic rings. The molecule has 1 amide bonds. The maximum Gasteiger partial charge on any atom is 0.397 e. The molecule has 0 bridgehead atoms. The van der Waals surface area contributed by atoms with Crippen LogP contribution in [0.25, 0.3) is 0 Å². The Morgan fingerprint density at radius 2 is 2.06 bits per heavy atom. The molecule has 0 heterocycles. The second kappa shape index (κ2) is 8.02. The molecular weight excluding hydrogens is 271 g/mol. The largest absolute Gasteiger partial charge is 0.480 e. The number of nitrogens with one attached hydrogen (secondary N) is 1. The van der Waals surface area contributed by atoms with Crippen LogP contribution >= 0.6 is 11.8 Å². The molecule has 0 aliphatic heterocycles. The number of halogens is 3. The minimum absolute atomic E-state index is 0.0987. The van der Waals surface area contributed by atoms with Gasteiger partial charge in [-0.1, -0.05) is 12.2 Å². The van der Waals surface area contributed by atoms with E-state index in [-0.39, 0.29) is 6.42 Å². The number of aliphatic carboxylic acids is 1. The second-order valence-corrected chi connectivity index (χ2v) is 4.36. The third-order valence-corrected chi connectivity index (χ3v) is 2.74. The molecule has 0 aromatic heterocycles. The molecule has 0 fully saturated rings. The van der Waals surface area contributed by atoms with Gasteiger partial charge in [0.05, 0.1) is 11.5 Å². The molecule has 0 aromatic rings.